The third kappa shape index (κ3) is 16.8. The molecule has 0 aromatic heterocycles. The van der Waals surface area contributed by atoms with Crippen molar-refractivity contribution in [1.82, 2.24) is 9.80 Å². The first kappa shape index (κ1) is 34.3. The van der Waals surface area contributed by atoms with E-state index in [1.807, 2.05) is 5.57 Å². The Morgan fingerprint density at radius 1 is 1.00 bits per heavy atom. The van der Waals surface area contributed by atoms with Gasteiger partial charge in [0.15, 0.2) is 0 Å². The lowest BCUT2D eigenvalue weighted by Crippen LogP contribution is -2.32. The van der Waals surface area contributed by atoms with Gasteiger partial charge < -0.3 is 14.5 Å². The Bertz CT molecular complexity index is 694. The van der Waals surface area contributed by atoms with Crippen molar-refractivity contribution in [2.45, 2.75) is 124 Å². The van der Waals surface area contributed by atoms with Gasteiger partial charge in [0, 0.05) is 13.1 Å². The van der Waals surface area contributed by atoms with Crippen LogP contribution in [0.2, 0.25) is 0 Å². The van der Waals surface area contributed by atoms with Crippen LogP contribution >= 0.6 is 0 Å². The molecule has 0 aromatic carbocycles. The molecule has 0 aromatic rings. The monoisotopic (exact) mass is 543 g/mol. The van der Waals surface area contributed by atoms with Gasteiger partial charge in [-0.25, -0.2) is 0 Å². The maximum atomic E-state index is 5.53. The van der Waals surface area contributed by atoms with E-state index in [9.17, 15) is 0 Å². The van der Waals surface area contributed by atoms with Crippen molar-refractivity contribution in [3.05, 3.63) is 36.0 Å². The maximum Gasteiger partial charge on any atom is 0.0936 e. The summed E-state index contributed by atoms with van der Waals surface area (Å²) in [7, 11) is 4.64. The summed E-state index contributed by atoms with van der Waals surface area (Å²) in [5.74, 6) is 2.90. The van der Waals surface area contributed by atoms with Crippen molar-refractivity contribution in [3.8, 4) is 0 Å². The molecule has 1 saturated heterocycles. The minimum absolute atomic E-state index is 0.492. The predicted octanol–water partition coefficient (Wildman–Crippen LogP) is 9.31. The number of likely N-dealkylation sites (N-methyl/N-ethyl adjacent to an activating group) is 1. The number of rotatable bonds is 17. The molecule has 2 aliphatic rings. The van der Waals surface area contributed by atoms with Crippen LogP contribution in [0.4, 0.5) is 0 Å². The molecule has 0 radical (unpaired) electrons. The first-order valence-electron chi connectivity index (χ1n) is 16.9. The van der Waals surface area contributed by atoms with Gasteiger partial charge >= 0.3 is 0 Å². The highest BCUT2D eigenvalue weighted by Crippen LogP contribution is 2.33. The van der Waals surface area contributed by atoms with Gasteiger partial charge in [0.2, 0.25) is 0 Å². The van der Waals surface area contributed by atoms with Gasteiger partial charge in [-0.1, -0.05) is 89.3 Å². The van der Waals surface area contributed by atoms with Crippen LogP contribution in [0.3, 0.4) is 0 Å². The van der Waals surface area contributed by atoms with Crippen molar-refractivity contribution in [3.63, 3.8) is 0 Å². The predicted molar refractivity (Wildman–Crippen MR) is 172 cm³/mol. The van der Waals surface area contributed by atoms with Crippen LogP contribution in [0.25, 0.3) is 0 Å². The molecule has 2 heterocycles. The topological polar surface area (TPSA) is 19.0 Å². The zero-order valence-corrected chi connectivity index (χ0v) is 27.0. The molecule has 2 aliphatic heterocycles. The van der Waals surface area contributed by atoms with E-state index >= 15 is 0 Å². The Labute approximate surface area is 244 Å². The fraction of sp³-hybridized carbons (Fsp3) is 0.833. The fourth-order valence-electron chi connectivity index (χ4n) is 6.29. The molecule has 2 rings (SSSR count). The van der Waals surface area contributed by atoms with Crippen molar-refractivity contribution in [1.29, 1.82) is 0 Å². The van der Waals surface area contributed by atoms with Crippen LogP contribution in [0, 0.1) is 23.7 Å². The Morgan fingerprint density at radius 3 is 2.56 bits per heavy atom. The van der Waals surface area contributed by atoms with Gasteiger partial charge in [-0.05, 0) is 115 Å². The molecule has 0 N–H and O–H groups in total. The molecule has 0 amide bonds. The molecular formula is C36H66N2O. The largest absolute Gasteiger partial charge is 0.372 e. The summed E-state index contributed by atoms with van der Waals surface area (Å²) < 4.78 is 5.53. The van der Waals surface area contributed by atoms with E-state index in [1.165, 1.54) is 103 Å². The van der Waals surface area contributed by atoms with E-state index < -0.39 is 0 Å². The first-order chi connectivity index (χ1) is 18.9. The van der Waals surface area contributed by atoms with Gasteiger partial charge in [0.25, 0.3) is 0 Å². The third-order valence-corrected chi connectivity index (χ3v) is 8.96. The van der Waals surface area contributed by atoms with Gasteiger partial charge in [-0.15, -0.1) is 0 Å². The number of hydrogen-bond donors (Lipinski definition) is 0. The highest BCUT2D eigenvalue weighted by molar-refractivity contribution is 5.10. The summed E-state index contributed by atoms with van der Waals surface area (Å²) in [5.41, 5.74) is 1.81. The van der Waals surface area contributed by atoms with Crippen LogP contribution in [-0.2, 0) is 4.74 Å². The minimum Gasteiger partial charge on any atom is -0.372 e. The zero-order chi connectivity index (χ0) is 28.3. The average Bonchev–Trinajstić information content (AvgIpc) is 3.72. The number of ether oxygens (including phenoxy) is 1. The highest BCUT2D eigenvalue weighted by Gasteiger charge is 2.26. The number of unbranched alkanes of at least 4 members (excludes halogenated alkanes) is 3. The number of allylic oxidation sites excluding steroid dienone is 6. The second-order valence-corrected chi connectivity index (χ2v) is 13.2. The second kappa shape index (κ2) is 20.9. The summed E-state index contributed by atoms with van der Waals surface area (Å²) in [4.78, 5) is 5.13. The smallest absolute Gasteiger partial charge is 0.0936 e. The molecule has 0 saturated carbocycles. The molecule has 1 fully saturated rings. The molecule has 5 unspecified atom stereocenters. The van der Waals surface area contributed by atoms with Crippen LogP contribution in [0.1, 0.15) is 118 Å². The van der Waals surface area contributed by atoms with Gasteiger partial charge in [-0.3, -0.25) is 0 Å². The Hall–Kier alpha value is -0.900. The summed E-state index contributed by atoms with van der Waals surface area (Å²) >= 11 is 0. The second-order valence-electron chi connectivity index (χ2n) is 13.2. The summed E-state index contributed by atoms with van der Waals surface area (Å²) in [6.45, 7) is 15.3. The molecule has 3 heteroatoms. The van der Waals surface area contributed by atoms with Crippen LogP contribution in [0.15, 0.2) is 36.0 Å². The van der Waals surface area contributed by atoms with Crippen molar-refractivity contribution >= 4 is 0 Å². The van der Waals surface area contributed by atoms with Gasteiger partial charge in [0.1, 0.15) is 0 Å². The SMILES string of the molecule is CCCC=CCC=CC(C)CCC(CCCCC)C1=CC(C)CCCN(C)CCC(CN(C)CC2CO2)CC1. The minimum atomic E-state index is 0.492. The fourth-order valence-corrected chi connectivity index (χ4v) is 6.29. The average molecular weight is 543 g/mol. The van der Waals surface area contributed by atoms with E-state index in [-0.39, 0.29) is 0 Å². The molecule has 0 aliphatic carbocycles. The Morgan fingerprint density at radius 2 is 1.82 bits per heavy atom. The lowest BCUT2D eigenvalue weighted by Gasteiger charge is -2.29. The Kier molecular flexibility index (Phi) is 18.4. The number of nitrogens with zero attached hydrogens (tertiary/aromatic N) is 2. The summed E-state index contributed by atoms with van der Waals surface area (Å²) in [6.07, 6.45) is 31.1. The van der Waals surface area contributed by atoms with Crippen LogP contribution in [0.5, 0.6) is 0 Å². The van der Waals surface area contributed by atoms with E-state index in [0.29, 0.717) is 17.9 Å². The Balaban J connectivity index is 2.07. The van der Waals surface area contributed by atoms with E-state index in [4.69, 9.17) is 4.74 Å². The van der Waals surface area contributed by atoms with Gasteiger partial charge in [-0.2, -0.15) is 0 Å². The van der Waals surface area contributed by atoms with Crippen molar-refractivity contribution in [2.75, 3.05) is 46.9 Å². The van der Waals surface area contributed by atoms with Crippen molar-refractivity contribution in [2.24, 2.45) is 23.7 Å². The van der Waals surface area contributed by atoms with E-state index in [2.05, 4.69) is 82.0 Å². The summed E-state index contributed by atoms with van der Waals surface area (Å²) in [5, 5.41) is 0. The molecule has 5 atom stereocenters. The molecule has 0 spiro atoms. The molecule has 3 nitrogen and oxygen atoms in total. The highest BCUT2D eigenvalue weighted by atomic mass is 16.6. The lowest BCUT2D eigenvalue weighted by molar-refractivity contribution is 0.213. The quantitative estimate of drug-likeness (QED) is 0.104. The molecular weight excluding hydrogens is 476 g/mol. The molecule has 226 valence electrons. The molecule has 0 bridgehead atoms. The van der Waals surface area contributed by atoms with Crippen molar-refractivity contribution < 1.29 is 4.74 Å². The normalized spacial score (nSPS) is 25.5. The van der Waals surface area contributed by atoms with Crippen LogP contribution < -0.4 is 0 Å². The standard InChI is InChI=1S/C36H66N2O/c1-7-9-11-12-13-15-17-31(3)20-22-34(19-14-10-8-2)35-23-21-33(28-38(6)29-36-30-39-36)24-26-37(5)25-16-18-32(4)27-35/h11-12,15,17,27,31-34,36H,7-10,13-14,16,18-26,28-30H2,1-6H3. The lowest BCUT2D eigenvalue weighted by atomic mass is 9.81. The van der Waals surface area contributed by atoms with Crippen LogP contribution in [-0.4, -0.2) is 62.8 Å². The van der Waals surface area contributed by atoms with Gasteiger partial charge in [0.05, 0.1) is 12.7 Å². The molecule has 39 heavy (non-hydrogen) atoms. The summed E-state index contributed by atoms with van der Waals surface area (Å²) in [6, 6.07) is 0. The zero-order valence-electron chi connectivity index (χ0n) is 27.0. The number of epoxide rings is 1. The number of hydrogen-bond acceptors (Lipinski definition) is 3. The van der Waals surface area contributed by atoms with E-state index in [1.54, 1.807) is 0 Å². The maximum absolute atomic E-state index is 5.53. The van der Waals surface area contributed by atoms with E-state index in [0.717, 1.165) is 31.4 Å². The first-order valence-corrected chi connectivity index (χ1v) is 16.9. The third-order valence-electron chi connectivity index (χ3n) is 8.96.